The first-order chi connectivity index (χ1) is 6.74. The lowest BCUT2D eigenvalue weighted by Crippen LogP contribution is -2.26. The number of hydrogen-bond acceptors (Lipinski definition) is 2. The Morgan fingerprint density at radius 2 is 2.07 bits per heavy atom. The van der Waals surface area contributed by atoms with Crippen LogP contribution in [0.15, 0.2) is 30.3 Å². The zero-order valence-corrected chi connectivity index (χ0v) is 8.14. The lowest BCUT2D eigenvalue weighted by molar-refractivity contribution is -0.149. The SMILES string of the molecule is CCO[C@@H](Cc1ccccc1)C(=O)O. The van der Waals surface area contributed by atoms with Gasteiger partial charge in [0.05, 0.1) is 0 Å². The third-order valence-electron chi connectivity index (χ3n) is 1.91. The van der Waals surface area contributed by atoms with Crippen LogP contribution in [0.5, 0.6) is 0 Å². The van der Waals surface area contributed by atoms with E-state index in [9.17, 15) is 4.79 Å². The topological polar surface area (TPSA) is 46.5 Å². The normalized spacial score (nSPS) is 12.4. The molecule has 14 heavy (non-hydrogen) atoms. The van der Waals surface area contributed by atoms with E-state index in [0.29, 0.717) is 13.0 Å². The standard InChI is InChI=1S/C11H14O3/c1-2-14-10(11(12)13)8-9-6-4-3-5-7-9/h3-7,10H,2,8H2,1H3,(H,12,13)/t10-/m0/s1. The molecule has 0 aliphatic carbocycles. The molecule has 0 fully saturated rings. The molecule has 0 aromatic heterocycles. The van der Waals surface area contributed by atoms with E-state index in [-0.39, 0.29) is 0 Å². The molecule has 76 valence electrons. The summed E-state index contributed by atoms with van der Waals surface area (Å²) < 4.78 is 5.11. The summed E-state index contributed by atoms with van der Waals surface area (Å²) in [6, 6.07) is 9.48. The van der Waals surface area contributed by atoms with E-state index in [2.05, 4.69) is 0 Å². The van der Waals surface area contributed by atoms with Gasteiger partial charge in [0.15, 0.2) is 6.10 Å². The van der Waals surface area contributed by atoms with Crippen molar-refractivity contribution in [3.05, 3.63) is 35.9 Å². The van der Waals surface area contributed by atoms with E-state index in [1.54, 1.807) is 6.92 Å². The molecule has 0 amide bonds. The summed E-state index contributed by atoms with van der Waals surface area (Å²) >= 11 is 0. The highest BCUT2D eigenvalue weighted by molar-refractivity contribution is 5.72. The largest absolute Gasteiger partial charge is 0.479 e. The van der Waals surface area contributed by atoms with Crippen molar-refractivity contribution in [1.82, 2.24) is 0 Å². The Bertz CT molecular complexity index is 282. The summed E-state index contributed by atoms with van der Waals surface area (Å²) in [5, 5.41) is 8.84. The molecule has 1 aromatic carbocycles. The second-order valence-corrected chi connectivity index (χ2v) is 2.97. The van der Waals surface area contributed by atoms with E-state index in [1.807, 2.05) is 30.3 Å². The summed E-state index contributed by atoms with van der Waals surface area (Å²) in [5.74, 6) is -0.907. The van der Waals surface area contributed by atoms with Gasteiger partial charge in [0.25, 0.3) is 0 Å². The zero-order chi connectivity index (χ0) is 10.4. The molecule has 0 saturated carbocycles. The van der Waals surface area contributed by atoms with Crippen molar-refractivity contribution < 1.29 is 14.6 Å². The van der Waals surface area contributed by atoms with Crippen molar-refractivity contribution in [3.8, 4) is 0 Å². The summed E-state index contributed by atoms with van der Waals surface area (Å²) in [4.78, 5) is 10.8. The first-order valence-electron chi connectivity index (χ1n) is 4.62. The number of rotatable bonds is 5. The predicted octanol–water partition coefficient (Wildman–Crippen LogP) is 1.72. The molecule has 3 heteroatoms. The molecular weight excluding hydrogens is 180 g/mol. The van der Waals surface area contributed by atoms with E-state index >= 15 is 0 Å². The Morgan fingerprint density at radius 3 is 2.57 bits per heavy atom. The van der Waals surface area contributed by atoms with Gasteiger partial charge in [-0.15, -0.1) is 0 Å². The Hall–Kier alpha value is -1.35. The molecule has 1 aromatic rings. The third kappa shape index (κ3) is 3.18. The fraction of sp³-hybridized carbons (Fsp3) is 0.364. The molecule has 3 nitrogen and oxygen atoms in total. The molecule has 1 N–H and O–H groups in total. The molecular formula is C11H14O3. The van der Waals surface area contributed by atoms with Gasteiger partial charge in [-0.1, -0.05) is 30.3 Å². The maximum Gasteiger partial charge on any atom is 0.333 e. The number of carbonyl (C=O) groups is 1. The molecule has 0 unspecified atom stereocenters. The molecule has 0 radical (unpaired) electrons. The van der Waals surface area contributed by atoms with Crippen LogP contribution in [-0.2, 0) is 16.0 Å². The van der Waals surface area contributed by atoms with E-state index < -0.39 is 12.1 Å². The van der Waals surface area contributed by atoms with Crippen molar-refractivity contribution in [3.63, 3.8) is 0 Å². The second kappa shape index (κ2) is 5.40. The van der Waals surface area contributed by atoms with Gasteiger partial charge >= 0.3 is 5.97 Å². The van der Waals surface area contributed by atoms with Crippen molar-refractivity contribution in [2.75, 3.05) is 6.61 Å². The van der Waals surface area contributed by atoms with E-state index in [0.717, 1.165) is 5.56 Å². The van der Waals surface area contributed by atoms with Gasteiger partial charge < -0.3 is 9.84 Å². The van der Waals surface area contributed by atoms with Gasteiger partial charge in [0, 0.05) is 13.0 Å². The van der Waals surface area contributed by atoms with E-state index in [4.69, 9.17) is 9.84 Å². The first-order valence-corrected chi connectivity index (χ1v) is 4.62. The Balaban J connectivity index is 2.60. The van der Waals surface area contributed by atoms with E-state index in [1.165, 1.54) is 0 Å². The van der Waals surface area contributed by atoms with Gasteiger partial charge in [-0.05, 0) is 12.5 Å². The Labute approximate surface area is 83.3 Å². The minimum Gasteiger partial charge on any atom is -0.479 e. The highest BCUT2D eigenvalue weighted by atomic mass is 16.5. The summed E-state index contributed by atoms with van der Waals surface area (Å²) in [7, 11) is 0. The third-order valence-corrected chi connectivity index (χ3v) is 1.91. The van der Waals surface area contributed by atoms with Crippen LogP contribution in [0.25, 0.3) is 0 Å². The van der Waals surface area contributed by atoms with Crippen LogP contribution in [0, 0.1) is 0 Å². The number of benzene rings is 1. The lowest BCUT2D eigenvalue weighted by Gasteiger charge is -2.11. The predicted molar refractivity (Wildman–Crippen MR) is 53.2 cm³/mol. The molecule has 0 spiro atoms. The average molecular weight is 194 g/mol. The second-order valence-electron chi connectivity index (χ2n) is 2.97. The van der Waals surface area contributed by atoms with Gasteiger partial charge in [-0.25, -0.2) is 4.79 Å². The fourth-order valence-electron chi connectivity index (χ4n) is 1.25. The van der Waals surface area contributed by atoms with Crippen LogP contribution in [0.3, 0.4) is 0 Å². The molecule has 0 saturated heterocycles. The summed E-state index contributed by atoms with van der Waals surface area (Å²) in [6.45, 7) is 2.21. The minimum absolute atomic E-state index is 0.420. The van der Waals surface area contributed by atoms with Crippen LogP contribution in [0.2, 0.25) is 0 Å². The van der Waals surface area contributed by atoms with Crippen LogP contribution >= 0.6 is 0 Å². The van der Waals surface area contributed by atoms with Crippen molar-refractivity contribution in [1.29, 1.82) is 0 Å². The van der Waals surface area contributed by atoms with Crippen LogP contribution in [0.1, 0.15) is 12.5 Å². The van der Waals surface area contributed by atoms with Crippen LogP contribution in [-0.4, -0.2) is 23.8 Å². The molecule has 1 rings (SSSR count). The highest BCUT2D eigenvalue weighted by Crippen LogP contribution is 2.06. The zero-order valence-electron chi connectivity index (χ0n) is 8.14. The Morgan fingerprint density at radius 1 is 1.43 bits per heavy atom. The molecule has 0 aliphatic rings. The fourth-order valence-corrected chi connectivity index (χ4v) is 1.25. The molecule has 0 heterocycles. The van der Waals surface area contributed by atoms with Crippen molar-refractivity contribution >= 4 is 5.97 Å². The van der Waals surface area contributed by atoms with Crippen molar-refractivity contribution in [2.45, 2.75) is 19.4 Å². The highest BCUT2D eigenvalue weighted by Gasteiger charge is 2.17. The first kappa shape index (κ1) is 10.7. The monoisotopic (exact) mass is 194 g/mol. The average Bonchev–Trinajstić information content (AvgIpc) is 2.18. The number of carboxylic acid groups (broad SMARTS) is 1. The molecule has 1 atom stereocenters. The lowest BCUT2D eigenvalue weighted by atomic mass is 10.1. The maximum absolute atomic E-state index is 10.8. The number of hydrogen-bond donors (Lipinski definition) is 1. The molecule has 0 bridgehead atoms. The van der Waals surface area contributed by atoms with Crippen LogP contribution in [0.4, 0.5) is 0 Å². The number of ether oxygens (including phenoxy) is 1. The number of aliphatic carboxylic acids is 1. The van der Waals surface area contributed by atoms with Crippen molar-refractivity contribution in [2.24, 2.45) is 0 Å². The van der Waals surface area contributed by atoms with Gasteiger partial charge in [0.1, 0.15) is 0 Å². The number of carboxylic acids is 1. The quantitative estimate of drug-likeness (QED) is 0.776. The maximum atomic E-state index is 10.8. The summed E-state index contributed by atoms with van der Waals surface area (Å²) in [6.07, 6.45) is -0.313. The van der Waals surface area contributed by atoms with Gasteiger partial charge in [-0.3, -0.25) is 0 Å². The smallest absolute Gasteiger partial charge is 0.333 e. The Kier molecular flexibility index (Phi) is 4.13. The van der Waals surface area contributed by atoms with Gasteiger partial charge in [0.2, 0.25) is 0 Å². The molecule has 0 aliphatic heterocycles. The van der Waals surface area contributed by atoms with Gasteiger partial charge in [-0.2, -0.15) is 0 Å². The van der Waals surface area contributed by atoms with Crippen LogP contribution < -0.4 is 0 Å². The minimum atomic E-state index is -0.907. The summed E-state index contributed by atoms with van der Waals surface area (Å²) in [5.41, 5.74) is 0.980.